The van der Waals surface area contributed by atoms with Gasteiger partial charge >= 0.3 is 0 Å². The zero-order valence-corrected chi connectivity index (χ0v) is 11.2. The first-order valence-corrected chi connectivity index (χ1v) is 6.84. The third-order valence-corrected chi connectivity index (χ3v) is 4.27. The largest absolute Gasteiger partial charge is 0.396 e. The van der Waals surface area contributed by atoms with E-state index in [-0.39, 0.29) is 24.7 Å². The molecule has 2 saturated heterocycles. The molecule has 0 bridgehead atoms. The zero-order valence-electron chi connectivity index (χ0n) is 11.2. The summed E-state index contributed by atoms with van der Waals surface area (Å²) in [5, 5.41) is 18.9. The molecule has 2 N–H and O–H groups in total. The third-order valence-electron chi connectivity index (χ3n) is 4.27. The summed E-state index contributed by atoms with van der Waals surface area (Å²) < 4.78 is 10.9. The van der Waals surface area contributed by atoms with E-state index in [9.17, 15) is 10.2 Å². The van der Waals surface area contributed by atoms with Crippen LogP contribution in [0.3, 0.4) is 0 Å². The SMILES string of the molecule is CC1COC(CO)CN1CC1(CO)CCOCC1. The highest BCUT2D eigenvalue weighted by atomic mass is 16.5. The quantitative estimate of drug-likeness (QED) is 0.735. The minimum atomic E-state index is -0.0863. The predicted molar refractivity (Wildman–Crippen MR) is 67.4 cm³/mol. The molecule has 2 rings (SSSR count). The molecule has 2 aliphatic heterocycles. The second kappa shape index (κ2) is 6.30. The Hall–Kier alpha value is -0.200. The van der Waals surface area contributed by atoms with Crippen molar-refractivity contribution in [1.82, 2.24) is 4.90 Å². The summed E-state index contributed by atoms with van der Waals surface area (Å²) in [5.74, 6) is 0. The molecule has 2 aliphatic rings. The Labute approximate surface area is 109 Å². The molecule has 0 spiro atoms. The van der Waals surface area contributed by atoms with Gasteiger partial charge in [0.25, 0.3) is 0 Å². The maximum atomic E-state index is 9.72. The van der Waals surface area contributed by atoms with Crippen molar-refractivity contribution < 1.29 is 19.7 Å². The van der Waals surface area contributed by atoms with Gasteiger partial charge in [-0.15, -0.1) is 0 Å². The van der Waals surface area contributed by atoms with Gasteiger partial charge in [-0.25, -0.2) is 0 Å². The number of aliphatic hydroxyl groups excluding tert-OH is 2. The molecule has 5 heteroatoms. The molecule has 2 heterocycles. The molecule has 2 atom stereocenters. The zero-order chi connectivity index (χ0) is 13.0. The first kappa shape index (κ1) is 14.2. The van der Waals surface area contributed by atoms with E-state index in [0.29, 0.717) is 12.6 Å². The molecule has 0 aromatic rings. The van der Waals surface area contributed by atoms with Crippen LogP contribution in [-0.2, 0) is 9.47 Å². The molecule has 5 nitrogen and oxygen atoms in total. The maximum Gasteiger partial charge on any atom is 0.0933 e. The second-order valence-corrected chi connectivity index (χ2v) is 5.69. The van der Waals surface area contributed by atoms with E-state index in [1.54, 1.807) is 0 Å². The van der Waals surface area contributed by atoms with Crippen LogP contribution in [0.15, 0.2) is 0 Å². The fraction of sp³-hybridized carbons (Fsp3) is 1.00. The monoisotopic (exact) mass is 259 g/mol. The van der Waals surface area contributed by atoms with Crippen molar-refractivity contribution in [2.24, 2.45) is 5.41 Å². The molecule has 0 aromatic heterocycles. The van der Waals surface area contributed by atoms with E-state index < -0.39 is 0 Å². The molecule has 0 radical (unpaired) electrons. The van der Waals surface area contributed by atoms with Crippen LogP contribution < -0.4 is 0 Å². The first-order chi connectivity index (χ1) is 8.69. The molecule has 2 unspecified atom stereocenters. The van der Waals surface area contributed by atoms with Gasteiger partial charge in [0.05, 0.1) is 25.9 Å². The molecule has 0 aliphatic carbocycles. The lowest BCUT2D eigenvalue weighted by Crippen LogP contribution is -2.54. The predicted octanol–water partition coefficient (Wildman–Crippen LogP) is -0.143. The van der Waals surface area contributed by atoms with Gasteiger partial charge < -0.3 is 19.7 Å². The highest BCUT2D eigenvalue weighted by molar-refractivity contribution is 4.88. The van der Waals surface area contributed by atoms with Gasteiger partial charge in [-0.05, 0) is 19.8 Å². The minimum Gasteiger partial charge on any atom is -0.396 e. The van der Waals surface area contributed by atoms with E-state index in [1.165, 1.54) is 0 Å². The van der Waals surface area contributed by atoms with Crippen molar-refractivity contribution in [2.45, 2.75) is 31.9 Å². The molecular formula is C13H25NO4. The number of ether oxygens (including phenoxy) is 2. The number of aliphatic hydroxyl groups is 2. The third kappa shape index (κ3) is 3.22. The summed E-state index contributed by atoms with van der Waals surface area (Å²) in [5.41, 5.74) is -0.0378. The van der Waals surface area contributed by atoms with Crippen LogP contribution in [0.1, 0.15) is 19.8 Å². The van der Waals surface area contributed by atoms with Gasteiger partial charge in [-0.2, -0.15) is 0 Å². The van der Waals surface area contributed by atoms with Crippen LogP contribution in [0.4, 0.5) is 0 Å². The average Bonchev–Trinajstić information content (AvgIpc) is 2.42. The number of rotatable bonds is 4. The van der Waals surface area contributed by atoms with Gasteiger partial charge in [0, 0.05) is 37.8 Å². The van der Waals surface area contributed by atoms with Crippen molar-refractivity contribution in [3.05, 3.63) is 0 Å². The Kier molecular flexibility index (Phi) is 4.98. The van der Waals surface area contributed by atoms with Gasteiger partial charge in [0.2, 0.25) is 0 Å². The fourth-order valence-corrected chi connectivity index (χ4v) is 2.81. The summed E-state index contributed by atoms with van der Waals surface area (Å²) in [4.78, 5) is 2.34. The molecule has 0 amide bonds. The molecular weight excluding hydrogens is 234 g/mol. The van der Waals surface area contributed by atoms with Gasteiger partial charge in [-0.3, -0.25) is 4.90 Å². The highest BCUT2D eigenvalue weighted by Gasteiger charge is 2.37. The smallest absolute Gasteiger partial charge is 0.0933 e. The topological polar surface area (TPSA) is 62.2 Å². The summed E-state index contributed by atoms with van der Waals surface area (Å²) in [7, 11) is 0. The standard InChI is InChI=1S/C13H25NO4/c1-11-8-18-12(7-15)6-14(11)9-13(10-16)2-4-17-5-3-13/h11-12,15-16H,2-10H2,1H3. The minimum absolute atomic E-state index is 0.0378. The van der Waals surface area contributed by atoms with Gasteiger partial charge in [-0.1, -0.05) is 0 Å². The van der Waals surface area contributed by atoms with Crippen LogP contribution in [0, 0.1) is 5.41 Å². The van der Waals surface area contributed by atoms with Crippen LogP contribution in [0.5, 0.6) is 0 Å². The van der Waals surface area contributed by atoms with E-state index in [1.807, 2.05) is 0 Å². The Morgan fingerprint density at radius 3 is 2.61 bits per heavy atom. The van der Waals surface area contributed by atoms with Crippen molar-refractivity contribution in [2.75, 3.05) is 46.1 Å². The average molecular weight is 259 g/mol. The lowest BCUT2D eigenvalue weighted by molar-refractivity contribution is -0.105. The molecule has 0 saturated carbocycles. The van der Waals surface area contributed by atoms with Crippen LogP contribution in [0.2, 0.25) is 0 Å². The number of hydrogen-bond acceptors (Lipinski definition) is 5. The number of nitrogens with zero attached hydrogens (tertiary/aromatic N) is 1. The molecule has 0 aromatic carbocycles. The number of morpholine rings is 1. The summed E-state index contributed by atoms with van der Waals surface area (Å²) >= 11 is 0. The van der Waals surface area contributed by atoms with Crippen molar-refractivity contribution in [1.29, 1.82) is 0 Å². The molecule has 2 fully saturated rings. The van der Waals surface area contributed by atoms with Gasteiger partial charge in [0.1, 0.15) is 0 Å². The maximum absolute atomic E-state index is 9.72. The second-order valence-electron chi connectivity index (χ2n) is 5.69. The Morgan fingerprint density at radius 1 is 1.28 bits per heavy atom. The summed E-state index contributed by atoms with van der Waals surface area (Å²) in [6.45, 7) is 6.17. The van der Waals surface area contributed by atoms with Crippen molar-refractivity contribution in [3.63, 3.8) is 0 Å². The Bertz CT molecular complexity index is 255. The summed E-state index contributed by atoms with van der Waals surface area (Å²) in [6, 6.07) is 0.346. The van der Waals surface area contributed by atoms with Crippen LogP contribution >= 0.6 is 0 Å². The lowest BCUT2D eigenvalue weighted by Gasteiger charge is -2.44. The molecule has 106 valence electrons. The first-order valence-electron chi connectivity index (χ1n) is 6.84. The Balaban J connectivity index is 1.96. The van der Waals surface area contributed by atoms with E-state index in [0.717, 1.165) is 39.1 Å². The van der Waals surface area contributed by atoms with Crippen LogP contribution in [-0.4, -0.2) is 73.4 Å². The van der Waals surface area contributed by atoms with E-state index >= 15 is 0 Å². The lowest BCUT2D eigenvalue weighted by atomic mass is 9.80. The van der Waals surface area contributed by atoms with E-state index in [2.05, 4.69) is 11.8 Å². The van der Waals surface area contributed by atoms with Gasteiger partial charge in [0.15, 0.2) is 0 Å². The summed E-state index contributed by atoms with van der Waals surface area (Å²) in [6.07, 6.45) is 1.74. The normalized spacial score (nSPS) is 33.5. The van der Waals surface area contributed by atoms with E-state index in [4.69, 9.17) is 9.47 Å². The van der Waals surface area contributed by atoms with Crippen molar-refractivity contribution >= 4 is 0 Å². The number of hydrogen-bond donors (Lipinski definition) is 2. The Morgan fingerprint density at radius 2 is 2.00 bits per heavy atom. The highest BCUT2D eigenvalue weighted by Crippen LogP contribution is 2.32. The van der Waals surface area contributed by atoms with Crippen molar-refractivity contribution in [3.8, 4) is 0 Å². The fourth-order valence-electron chi connectivity index (χ4n) is 2.81. The molecule has 18 heavy (non-hydrogen) atoms. The van der Waals surface area contributed by atoms with Crippen LogP contribution in [0.25, 0.3) is 0 Å².